The van der Waals surface area contributed by atoms with Gasteiger partial charge in [0.2, 0.25) is 0 Å². The van der Waals surface area contributed by atoms with Crippen LogP contribution in [0.5, 0.6) is 0 Å². The fraction of sp³-hybridized carbons (Fsp3) is 1.00. The maximum Gasteiger partial charge on any atom is 0.0700 e. The van der Waals surface area contributed by atoms with Crippen molar-refractivity contribution in [1.82, 2.24) is 10.2 Å². The predicted molar refractivity (Wildman–Crippen MR) is 68.3 cm³/mol. The van der Waals surface area contributed by atoms with Crippen molar-refractivity contribution in [3.63, 3.8) is 0 Å². The fourth-order valence-corrected chi connectivity index (χ4v) is 2.65. The van der Waals surface area contributed by atoms with Crippen molar-refractivity contribution in [2.24, 2.45) is 0 Å². The van der Waals surface area contributed by atoms with Crippen molar-refractivity contribution in [2.75, 3.05) is 46.0 Å². The van der Waals surface area contributed by atoms with E-state index in [9.17, 15) is 0 Å². The lowest BCUT2D eigenvalue weighted by Crippen LogP contribution is -2.47. The van der Waals surface area contributed by atoms with E-state index < -0.39 is 0 Å². The second kappa shape index (κ2) is 7.31. The van der Waals surface area contributed by atoms with Crippen LogP contribution >= 0.6 is 0 Å². The van der Waals surface area contributed by atoms with Gasteiger partial charge in [0.05, 0.1) is 19.3 Å². The Morgan fingerprint density at radius 2 is 2.29 bits per heavy atom. The monoisotopic (exact) mass is 242 g/mol. The lowest BCUT2D eigenvalue weighted by Gasteiger charge is -2.35. The summed E-state index contributed by atoms with van der Waals surface area (Å²) in [7, 11) is 0. The number of rotatable bonds is 6. The normalized spacial score (nSPS) is 30.9. The Labute approximate surface area is 105 Å². The summed E-state index contributed by atoms with van der Waals surface area (Å²) in [6.45, 7) is 9.29. The van der Waals surface area contributed by atoms with Crippen LogP contribution in [0.2, 0.25) is 0 Å². The number of nitrogens with one attached hydrogen (secondary N) is 1. The molecule has 2 heterocycles. The van der Waals surface area contributed by atoms with Crippen molar-refractivity contribution in [1.29, 1.82) is 0 Å². The SMILES string of the molecule is CCC1COCCN1CCNCC1CCCO1. The van der Waals surface area contributed by atoms with E-state index in [0.717, 1.165) is 46.0 Å². The summed E-state index contributed by atoms with van der Waals surface area (Å²) in [4.78, 5) is 2.55. The molecule has 2 saturated heterocycles. The molecule has 0 saturated carbocycles. The van der Waals surface area contributed by atoms with Crippen molar-refractivity contribution in [3.05, 3.63) is 0 Å². The molecule has 2 aliphatic heterocycles. The van der Waals surface area contributed by atoms with Gasteiger partial charge in [-0.1, -0.05) is 6.92 Å². The molecule has 0 aromatic heterocycles. The van der Waals surface area contributed by atoms with Gasteiger partial charge >= 0.3 is 0 Å². The first-order chi connectivity index (χ1) is 8.40. The summed E-state index contributed by atoms with van der Waals surface area (Å²) in [5.41, 5.74) is 0. The van der Waals surface area contributed by atoms with Crippen molar-refractivity contribution in [3.8, 4) is 0 Å². The Morgan fingerprint density at radius 1 is 1.35 bits per heavy atom. The maximum absolute atomic E-state index is 5.59. The third-order valence-corrected chi connectivity index (χ3v) is 3.79. The maximum atomic E-state index is 5.59. The van der Waals surface area contributed by atoms with Crippen molar-refractivity contribution in [2.45, 2.75) is 38.3 Å². The molecule has 4 heteroatoms. The number of ether oxygens (including phenoxy) is 2. The Balaban J connectivity index is 1.56. The molecule has 2 atom stereocenters. The minimum atomic E-state index is 0.460. The zero-order chi connectivity index (χ0) is 11.9. The van der Waals surface area contributed by atoms with Gasteiger partial charge in [-0.05, 0) is 19.3 Å². The molecule has 2 rings (SSSR count). The van der Waals surface area contributed by atoms with Crippen LogP contribution in [0.1, 0.15) is 26.2 Å². The molecule has 100 valence electrons. The highest BCUT2D eigenvalue weighted by Gasteiger charge is 2.20. The number of hydrogen-bond acceptors (Lipinski definition) is 4. The van der Waals surface area contributed by atoms with E-state index in [-0.39, 0.29) is 0 Å². The van der Waals surface area contributed by atoms with Gasteiger partial charge in [-0.3, -0.25) is 4.90 Å². The first-order valence-corrected chi connectivity index (χ1v) is 7.04. The number of morpholine rings is 1. The molecule has 0 aliphatic carbocycles. The zero-order valence-corrected chi connectivity index (χ0v) is 11.0. The minimum Gasteiger partial charge on any atom is -0.378 e. The Hall–Kier alpha value is -0.160. The summed E-state index contributed by atoms with van der Waals surface area (Å²) in [5.74, 6) is 0. The second-order valence-corrected chi connectivity index (χ2v) is 5.01. The molecule has 0 aromatic rings. The third-order valence-electron chi connectivity index (χ3n) is 3.79. The van der Waals surface area contributed by atoms with Crippen LogP contribution < -0.4 is 5.32 Å². The molecular formula is C13H26N2O2. The van der Waals surface area contributed by atoms with Crippen LogP contribution in [0, 0.1) is 0 Å². The van der Waals surface area contributed by atoms with Gasteiger partial charge in [0.15, 0.2) is 0 Å². The van der Waals surface area contributed by atoms with Crippen molar-refractivity contribution >= 4 is 0 Å². The average Bonchev–Trinajstić information content (AvgIpc) is 2.88. The molecule has 2 unspecified atom stereocenters. The first kappa shape index (κ1) is 13.3. The van der Waals surface area contributed by atoms with Gasteiger partial charge in [0, 0.05) is 38.8 Å². The van der Waals surface area contributed by atoms with Crippen LogP contribution in [0.3, 0.4) is 0 Å². The van der Waals surface area contributed by atoms with E-state index in [4.69, 9.17) is 9.47 Å². The van der Waals surface area contributed by atoms with Gasteiger partial charge in [0.25, 0.3) is 0 Å². The highest BCUT2D eigenvalue weighted by Crippen LogP contribution is 2.11. The molecule has 2 aliphatic rings. The molecule has 4 nitrogen and oxygen atoms in total. The van der Waals surface area contributed by atoms with Gasteiger partial charge in [-0.15, -0.1) is 0 Å². The predicted octanol–water partition coefficient (Wildman–Crippen LogP) is 0.866. The van der Waals surface area contributed by atoms with E-state index in [1.54, 1.807) is 0 Å². The van der Waals surface area contributed by atoms with Gasteiger partial charge in [-0.2, -0.15) is 0 Å². The molecule has 2 fully saturated rings. The van der Waals surface area contributed by atoms with E-state index in [0.29, 0.717) is 12.1 Å². The molecule has 0 aromatic carbocycles. The highest BCUT2D eigenvalue weighted by molar-refractivity contribution is 4.75. The molecule has 0 bridgehead atoms. The van der Waals surface area contributed by atoms with Crippen LogP contribution in [0.4, 0.5) is 0 Å². The van der Waals surface area contributed by atoms with E-state index >= 15 is 0 Å². The molecular weight excluding hydrogens is 216 g/mol. The van der Waals surface area contributed by atoms with Crippen LogP contribution in [-0.4, -0.2) is 63.0 Å². The van der Waals surface area contributed by atoms with Gasteiger partial charge < -0.3 is 14.8 Å². The average molecular weight is 242 g/mol. The van der Waals surface area contributed by atoms with Gasteiger partial charge in [0.1, 0.15) is 0 Å². The van der Waals surface area contributed by atoms with E-state index in [2.05, 4.69) is 17.1 Å². The van der Waals surface area contributed by atoms with Gasteiger partial charge in [-0.25, -0.2) is 0 Å². The summed E-state index contributed by atoms with van der Waals surface area (Å²) >= 11 is 0. The zero-order valence-electron chi connectivity index (χ0n) is 11.0. The number of nitrogens with zero attached hydrogens (tertiary/aromatic N) is 1. The standard InChI is InChI=1S/C13H26N2O2/c1-2-12-11-16-9-7-15(12)6-5-14-10-13-4-3-8-17-13/h12-14H,2-11H2,1H3. The highest BCUT2D eigenvalue weighted by atomic mass is 16.5. The van der Waals surface area contributed by atoms with Crippen LogP contribution in [0.25, 0.3) is 0 Å². The Kier molecular flexibility index (Phi) is 5.71. The third kappa shape index (κ3) is 4.21. The van der Waals surface area contributed by atoms with E-state index in [1.807, 2.05) is 0 Å². The Bertz CT molecular complexity index is 208. The second-order valence-electron chi connectivity index (χ2n) is 5.01. The molecule has 17 heavy (non-hydrogen) atoms. The summed E-state index contributed by atoms with van der Waals surface area (Å²) in [6, 6.07) is 0.619. The summed E-state index contributed by atoms with van der Waals surface area (Å²) in [6.07, 6.45) is 4.10. The topological polar surface area (TPSA) is 33.7 Å². The summed E-state index contributed by atoms with van der Waals surface area (Å²) in [5, 5.41) is 3.51. The summed E-state index contributed by atoms with van der Waals surface area (Å²) < 4.78 is 11.1. The molecule has 0 amide bonds. The van der Waals surface area contributed by atoms with Crippen molar-refractivity contribution < 1.29 is 9.47 Å². The molecule has 0 spiro atoms. The molecule has 0 radical (unpaired) electrons. The Morgan fingerprint density at radius 3 is 3.06 bits per heavy atom. The largest absolute Gasteiger partial charge is 0.378 e. The van der Waals surface area contributed by atoms with E-state index in [1.165, 1.54) is 19.3 Å². The number of hydrogen-bond donors (Lipinski definition) is 1. The fourth-order valence-electron chi connectivity index (χ4n) is 2.65. The quantitative estimate of drug-likeness (QED) is 0.701. The lowest BCUT2D eigenvalue weighted by atomic mass is 10.2. The minimum absolute atomic E-state index is 0.460. The first-order valence-electron chi connectivity index (χ1n) is 7.04. The lowest BCUT2D eigenvalue weighted by molar-refractivity contribution is -0.00818. The molecule has 1 N–H and O–H groups in total. The van der Waals surface area contributed by atoms with Crippen LogP contribution in [0.15, 0.2) is 0 Å². The van der Waals surface area contributed by atoms with Crippen LogP contribution in [-0.2, 0) is 9.47 Å². The smallest absolute Gasteiger partial charge is 0.0700 e.